The molecule has 0 aliphatic heterocycles. The van der Waals surface area contributed by atoms with E-state index < -0.39 is 51.8 Å². The molecule has 3 atom stereocenters. The summed E-state index contributed by atoms with van der Waals surface area (Å²) in [6, 6.07) is 0. The number of aliphatic hydroxyl groups is 2. The molecule has 0 aromatic rings. The van der Waals surface area contributed by atoms with Crippen LogP contribution in [0.15, 0.2) is 72.9 Å². The van der Waals surface area contributed by atoms with E-state index >= 15 is 0 Å². The molecule has 0 aromatic carbocycles. The summed E-state index contributed by atoms with van der Waals surface area (Å²) in [7, 11) is -4.63. The third-order valence-electron chi connectivity index (χ3n) is 7.59. The first-order valence-corrected chi connectivity index (χ1v) is 20.9. The molecule has 0 aliphatic rings. The highest BCUT2D eigenvalue weighted by atomic mass is 31.2. The molecule has 0 saturated heterocycles. The molecule has 3 unspecified atom stereocenters. The third kappa shape index (κ3) is 35.8. The van der Waals surface area contributed by atoms with Crippen LogP contribution in [0.2, 0.25) is 0 Å². The fourth-order valence-electron chi connectivity index (χ4n) is 4.59. The summed E-state index contributed by atoms with van der Waals surface area (Å²) in [5.41, 5.74) is 0. The highest BCUT2D eigenvalue weighted by Crippen LogP contribution is 2.43. The second-order valence-electron chi connectivity index (χ2n) is 12.6. The predicted molar refractivity (Wildman–Crippen MR) is 210 cm³/mol. The van der Waals surface area contributed by atoms with Crippen LogP contribution in [0.4, 0.5) is 0 Å². The average molecular weight is 753 g/mol. The Labute approximate surface area is 314 Å². The molecule has 0 aromatic heterocycles. The molecular weight excluding hydrogens is 683 g/mol. The number of aliphatic hydroxyl groups excluding tert-OH is 2. The van der Waals surface area contributed by atoms with E-state index in [-0.39, 0.29) is 19.4 Å². The summed E-state index contributed by atoms with van der Waals surface area (Å²) >= 11 is 0. The number of hydrogen-bond acceptors (Lipinski definition) is 9. The first kappa shape index (κ1) is 49.4. The second-order valence-corrected chi connectivity index (χ2v) is 14.0. The zero-order valence-corrected chi connectivity index (χ0v) is 32.9. The van der Waals surface area contributed by atoms with Crippen LogP contribution in [-0.4, -0.2) is 65.7 Å². The van der Waals surface area contributed by atoms with E-state index in [9.17, 15) is 24.2 Å². The van der Waals surface area contributed by atoms with Crippen molar-refractivity contribution in [1.82, 2.24) is 0 Å². The van der Waals surface area contributed by atoms with Gasteiger partial charge in [0.15, 0.2) is 6.10 Å². The van der Waals surface area contributed by atoms with Crippen molar-refractivity contribution < 1.29 is 47.8 Å². The smallest absolute Gasteiger partial charge is 0.462 e. The summed E-state index contributed by atoms with van der Waals surface area (Å²) in [5.74, 6) is -0.999. The number of phosphoric acid groups is 1. The number of carbonyl (C=O) groups excluding carboxylic acids is 2. The van der Waals surface area contributed by atoms with E-state index in [1.54, 1.807) is 0 Å². The highest BCUT2D eigenvalue weighted by molar-refractivity contribution is 7.47. The lowest BCUT2D eigenvalue weighted by Crippen LogP contribution is -2.29. The number of phosphoric ester groups is 1. The summed E-state index contributed by atoms with van der Waals surface area (Å²) in [5, 5.41) is 18.3. The molecule has 11 heteroatoms. The van der Waals surface area contributed by atoms with E-state index in [4.69, 9.17) is 19.1 Å². The molecule has 0 fully saturated rings. The Balaban J connectivity index is 4.48. The first-order chi connectivity index (χ1) is 25.2. The van der Waals surface area contributed by atoms with Crippen molar-refractivity contribution in [3.8, 4) is 0 Å². The lowest BCUT2D eigenvalue weighted by molar-refractivity contribution is -0.161. The molecule has 0 bridgehead atoms. The molecule has 3 N–H and O–H groups in total. The molecule has 0 heterocycles. The molecule has 298 valence electrons. The van der Waals surface area contributed by atoms with Crippen molar-refractivity contribution in [2.75, 3.05) is 26.4 Å². The number of unbranched alkanes of at least 4 members (excludes halogenated alkanes) is 9. The van der Waals surface area contributed by atoms with Crippen LogP contribution in [0.5, 0.6) is 0 Å². The van der Waals surface area contributed by atoms with Gasteiger partial charge in [-0.05, 0) is 77.0 Å². The fourth-order valence-corrected chi connectivity index (χ4v) is 5.38. The Hall–Kier alpha value is -2.59. The molecule has 52 heavy (non-hydrogen) atoms. The normalized spacial score (nSPS) is 14.8. The van der Waals surface area contributed by atoms with Gasteiger partial charge in [0.1, 0.15) is 12.7 Å². The Bertz CT molecular complexity index is 1100. The minimum Gasteiger partial charge on any atom is -0.462 e. The van der Waals surface area contributed by atoms with E-state index in [0.717, 1.165) is 83.5 Å². The zero-order chi connectivity index (χ0) is 38.4. The summed E-state index contributed by atoms with van der Waals surface area (Å²) in [6.07, 6.45) is 40.2. The Morgan fingerprint density at radius 2 is 1.06 bits per heavy atom. The van der Waals surface area contributed by atoms with Gasteiger partial charge in [0.05, 0.1) is 19.8 Å². The minimum absolute atomic E-state index is 0.125. The predicted octanol–water partition coefficient (Wildman–Crippen LogP) is 9.72. The SMILES string of the molecule is CC/C=C\C/C=C\C/C=C\C/C=C\CCCCC(=O)OC(COC(=O)CCCCCCC/C=C\C/C=C\CCCC)COP(=O)(O)OCC(O)CO. The van der Waals surface area contributed by atoms with E-state index in [2.05, 4.69) is 91.3 Å². The van der Waals surface area contributed by atoms with Crippen molar-refractivity contribution >= 4 is 19.8 Å². The number of allylic oxidation sites excluding steroid dienone is 12. The lowest BCUT2D eigenvalue weighted by Gasteiger charge is -2.20. The minimum atomic E-state index is -4.63. The molecule has 0 spiro atoms. The quantitative estimate of drug-likeness (QED) is 0.0247. The number of rotatable bonds is 35. The highest BCUT2D eigenvalue weighted by Gasteiger charge is 2.27. The summed E-state index contributed by atoms with van der Waals surface area (Å²) in [4.78, 5) is 34.8. The topological polar surface area (TPSA) is 149 Å². The third-order valence-corrected chi connectivity index (χ3v) is 8.55. The number of esters is 2. The van der Waals surface area contributed by atoms with Crippen LogP contribution >= 0.6 is 7.82 Å². The number of carbonyl (C=O) groups is 2. The standard InChI is InChI=1S/C41H69O10P/c1-3-5-7-9-11-13-15-17-19-21-23-25-27-29-31-33-41(45)51-39(37-50-52(46,47)49-35-38(43)34-42)36-48-40(44)32-30-28-26-24-22-20-18-16-14-12-10-8-6-4-2/h5,7,10-13,16-19,23,25,38-39,42-43H,3-4,6,8-9,14-15,20-22,24,26-37H2,1-2H3,(H,46,47)/b7-5-,12-10-,13-11-,18-16-,19-17-,25-23-. The number of ether oxygens (including phenoxy) is 2. The largest absolute Gasteiger partial charge is 0.472 e. The van der Waals surface area contributed by atoms with Crippen molar-refractivity contribution in [3.63, 3.8) is 0 Å². The molecular formula is C41H69O10P. The van der Waals surface area contributed by atoms with Gasteiger partial charge in [-0.3, -0.25) is 18.6 Å². The van der Waals surface area contributed by atoms with E-state index in [0.29, 0.717) is 12.8 Å². The van der Waals surface area contributed by atoms with Crippen LogP contribution in [-0.2, 0) is 32.7 Å². The maximum absolute atomic E-state index is 12.5. The summed E-state index contributed by atoms with van der Waals surface area (Å²) < 4.78 is 32.5. The monoisotopic (exact) mass is 752 g/mol. The zero-order valence-electron chi connectivity index (χ0n) is 32.0. The van der Waals surface area contributed by atoms with Gasteiger partial charge in [0.2, 0.25) is 0 Å². The van der Waals surface area contributed by atoms with Crippen molar-refractivity contribution in [1.29, 1.82) is 0 Å². The van der Waals surface area contributed by atoms with Crippen molar-refractivity contribution in [2.24, 2.45) is 0 Å². The molecule has 10 nitrogen and oxygen atoms in total. The van der Waals surface area contributed by atoms with Crippen LogP contribution in [0.25, 0.3) is 0 Å². The van der Waals surface area contributed by atoms with Gasteiger partial charge in [-0.25, -0.2) is 4.57 Å². The molecule has 0 aliphatic carbocycles. The van der Waals surface area contributed by atoms with Crippen LogP contribution in [0.1, 0.15) is 136 Å². The number of hydrogen-bond donors (Lipinski definition) is 3. The Morgan fingerprint density at radius 3 is 1.63 bits per heavy atom. The summed E-state index contributed by atoms with van der Waals surface area (Å²) in [6.45, 7) is 2.12. The van der Waals surface area contributed by atoms with Crippen molar-refractivity contribution in [3.05, 3.63) is 72.9 Å². The fraction of sp³-hybridized carbons (Fsp3) is 0.659. The van der Waals surface area contributed by atoms with E-state index in [1.165, 1.54) is 12.8 Å². The van der Waals surface area contributed by atoms with Crippen molar-refractivity contribution in [2.45, 2.75) is 148 Å². The van der Waals surface area contributed by atoms with Gasteiger partial charge in [-0.15, -0.1) is 0 Å². The maximum Gasteiger partial charge on any atom is 0.472 e. The molecule has 0 radical (unpaired) electrons. The maximum atomic E-state index is 12.5. The molecule has 0 saturated carbocycles. The first-order valence-electron chi connectivity index (χ1n) is 19.4. The van der Waals surface area contributed by atoms with Gasteiger partial charge in [0, 0.05) is 12.8 Å². The molecule has 0 amide bonds. The Kier molecular flexibility index (Phi) is 34.9. The van der Waals surface area contributed by atoms with Gasteiger partial charge in [-0.1, -0.05) is 119 Å². The lowest BCUT2D eigenvalue weighted by atomic mass is 10.1. The van der Waals surface area contributed by atoms with Gasteiger partial charge < -0.3 is 24.6 Å². The van der Waals surface area contributed by atoms with Gasteiger partial charge >= 0.3 is 19.8 Å². The van der Waals surface area contributed by atoms with Crippen LogP contribution in [0, 0.1) is 0 Å². The van der Waals surface area contributed by atoms with E-state index in [1.807, 2.05) is 0 Å². The molecule has 0 rings (SSSR count). The van der Waals surface area contributed by atoms with Crippen LogP contribution < -0.4 is 0 Å². The second kappa shape index (κ2) is 36.8. The Morgan fingerprint density at radius 1 is 0.596 bits per heavy atom. The average Bonchev–Trinajstić information content (AvgIpc) is 3.13. The van der Waals surface area contributed by atoms with Crippen LogP contribution in [0.3, 0.4) is 0 Å². The van der Waals surface area contributed by atoms with Gasteiger partial charge in [-0.2, -0.15) is 0 Å². The van der Waals surface area contributed by atoms with Gasteiger partial charge in [0.25, 0.3) is 0 Å².